The average Bonchev–Trinajstić information content (AvgIpc) is 3.36. The van der Waals surface area contributed by atoms with Crippen LogP contribution in [0.5, 0.6) is 0 Å². The van der Waals surface area contributed by atoms with Gasteiger partial charge >= 0.3 is 0 Å². The molecule has 1 fully saturated rings. The van der Waals surface area contributed by atoms with Crippen molar-refractivity contribution in [1.29, 1.82) is 0 Å². The second-order valence-electron chi connectivity index (χ2n) is 9.41. The number of nitrogens with zero attached hydrogens (tertiary/aromatic N) is 4. The van der Waals surface area contributed by atoms with Gasteiger partial charge in [-0.3, -0.25) is 4.79 Å². The summed E-state index contributed by atoms with van der Waals surface area (Å²) in [6, 6.07) is 9.56. The Morgan fingerprint density at radius 2 is 1.83 bits per heavy atom. The maximum Gasteiger partial charge on any atom is 0.256 e. The van der Waals surface area contributed by atoms with Crippen LogP contribution in [0.25, 0.3) is 15.9 Å². The minimum Gasteiger partial charge on any atom is -0.368 e. The minimum absolute atomic E-state index is 0.236. The number of benzene rings is 1. The number of rotatable bonds is 7. The van der Waals surface area contributed by atoms with Gasteiger partial charge in [0, 0.05) is 23.9 Å². The molecule has 4 aromatic rings. The zero-order valence-electron chi connectivity index (χ0n) is 20.9. The topological polar surface area (TPSA) is 84.7 Å². The van der Waals surface area contributed by atoms with E-state index in [-0.39, 0.29) is 5.91 Å². The van der Waals surface area contributed by atoms with Gasteiger partial charge in [0.15, 0.2) is 0 Å². The molecule has 0 radical (unpaired) electrons. The maximum atomic E-state index is 13.0. The summed E-state index contributed by atoms with van der Waals surface area (Å²) in [5.74, 6) is 2.01. The Labute approximate surface area is 220 Å². The van der Waals surface area contributed by atoms with Gasteiger partial charge in [-0.15, -0.1) is 11.3 Å². The van der Waals surface area contributed by atoms with Gasteiger partial charge < -0.3 is 10.6 Å². The molecule has 7 nitrogen and oxygen atoms in total. The Balaban J connectivity index is 1.29. The Kier molecular flexibility index (Phi) is 7.25. The molecular formula is C27H31ClN6OS. The smallest absolute Gasteiger partial charge is 0.256 e. The number of nitrogens with one attached hydrogen (secondary N) is 2. The number of halogens is 1. The van der Waals surface area contributed by atoms with Crippen molar-refractivity contribution < 1.29 is 4.79 Å². The van der Waals surface area contributed by atoms with Crippen LogP contribution in [-0.4, -0.2) is 38.7 Å². The third kappa shape index (κ3) is 4.84. The molecule has 0 unspecified atom stereocenters. The quantitative estimate of drug-likeness (QED) is 0.276. The van der Waals surface area contributed by atoms with Crippen LogP contribution in [-0.2, 0) is 0 Å². The van der Waals surface area contributed by atoms with Crippen LogP contribution in [0.4, 0.5) is 5.82 Å². The average molecular weight is 523 g/mol. The fourth-order valence-corrected chi connectivity index (χ4v) is 6.27. The predicted octanol–water partition coefficient (Wildman–Crippen LogP) is 6.35. The SMILES string of the molecule is Cc1nn(-c2ccccc2)c(Cl)c1C(=O)NCCNc1nc(C2CCCCC2)nc2sc(C)c(C)c12. The summed E-state index contributed by atoms with van der Waals surface area (Å²) in [5.41, 5.74) is 3.02. The van der Waals surface area contributed by atoms with Gasteiger partial charge in [0.25, 0.3) is 5.91 Å². The van der Waals surface area contributed by atoms with Crippen molar-refractivity contribution in [2.24, 2.45) is 0 Å². The van der Waals surface area contributed by atoms with E-state index in [0.29, 0.717) is 35.4 Å². The number of carbonyl (C=O) groups is 1. The van der Waals surface area contributed by atoms with Crippen molar-refractivity contribution in [3.63, 3.8) is 0 Å². The molecule has 2 N–H and O–H groups in total. The lowest BCUT2D eigenvalue weighted by Gasteiger charge is -2.21. The third-order valence-electron chi connectivity index (χ3n) is 6.95. The highest BCUT2D eigenvalue weighted by molar-refractivity contribution is 7.18. The van der Waals surface area contributed by atoms with Crippen LogP contribution in [0.3, 0.4) is 0 Å². The zero-order valence-corrected chi connectivity index (χ0v) is 22.5. The van der Waals surface area contributed by atoms with Crippen LogP contribution in [0, 0.1) is 20.8 Å². The highest BCUT2D eigenvalue weighted by atomic mass is 35.5. The van der Waals surface area contributed by atoms with E-state index in [1.54, 1.807) is 22.9 Å². The van der Waals surface area contributed by atoms with E-state index >= 15 is 0 Å². The molecule has 1 aliphatic rings. The van der Waals surface area contributed by atoms with Crippen molar-refractivity contribution in [3.8, 4) is 5.69 Å². The van der Waals surface area contributed by atoms with Crippen LogP contribution < -0.4 is 10.6 Å². The fraction of sp³-hybridized carbons (Fsp3) is 0.407. The lowest BCUT2D eigenvalue weighted by molar-refractivity contribution is 0.0954. The normalized spacial score (nSPS) is 14.3. The van der Waals surface area contributed by atoms with Gasteiger partial charge in [-0.05, 0) is 51.3 Å². The molecule has 0 aliphatic heterocycles. The van der Waals surface area contributed by atoms with Crippen LogP contribution in [0.15, 0.2) is 30.3 Å². The van der Waals surface area contributed by atoms with E-state index in [4.69, 9.17) is 21.6 Å². The van der Waals surface area contributed by atoms with E-state index in [1.165, 1.54) is 29.7 Å². The van der Waals surface area contributed by atoms with E-state index in [9.17, 15) is 4.79 Å². The lowest BCUT2D eigenvalue weighted by Crippen LogP contribution is -2.29. The van der Waals surface area contributed by atoms with Gasteiger partial charge in [0.05, 0.1) is 22.3 Å². The van der Waals surface area contributed by atoms with Crippen molar-refractivity contribution >= 4 is 44.9 Å². The van der Waals surface area contributed by atoms with E-state index in [2.05, 4.69) is 29.6 Å². The molecule has 1 aromatic carbocycles. The molecule has 1 aliphatic carbocycles. The zero-order chi connectivity index (χ0) is 25.2. The lowest BCUT2D eigenvalue weighted by atomic mass is 9.88. The molecule has 5 rings (SSSR count). The predicted molar refractivity (Wildman–Crippen MR) is 147 cm³/mol. The summed E-state index contributed by atoms with van der Waals surface area (Å²) in [6.07, 6.45) is 6.09. The Bertz CT molecular complexity index is 1390. The van der Waals surface area contributed by atoms with Crippen molar-refractivity contribution in [2.75, 3.05) is 18.4 Å². The number of hydrogen-bond acceptors (Lipinski definition) is 6. The first kappa shape index (κ1) is 24.7. The third-order valence-corrected chi connectivity index (χ3v) is 8.40. The van der Waals surface area contributed by atoms with Crippen LogP contribution >= 0.6 is 22.9 Å². The number of amides is 1. The second kappa shape index (κ2) is 10.6. The minimum atomic E-state index is -0.236. The molecule has 9 heteroatoms. The van der Waals surface area contributed by atoms with E-state index in [0.717, 1.165) is 40.4 Å². The molecule has 1 amide bonds. The summed E-state index contributed by atoms with van der Waals surface area (Å²) < 4.78 is 1.59. The monoisotopic (exact) mass is 522 g/mol. The van der Waals surface area contributed by atoms with Gasteiger partial charge in [0.2, 0.25) is 0 Å². The fourth-order valence-electron chi connectivity index (χ4n) is 4.88. The van der Waals surface area contributed by atoms with Crippen molar-refractivity contribution in [1.82, 2.24) is 25.1 Å². The van der Waals surface area contributed by atoms with E-state index < -0.39 is 0 Å². The number of fused-ring (bicyclic) bond motifs is 1. The summed E-state index contributed by atoms with van der Waals surface area (Å²) in [7, 11) is 0. The first-order valence-corrected chi connectivity index (χ1v) is 13.7. The number of anilines is 1. The molecule has 3 heterocycles. The number of para-hydroxylation sites is 1. The van der Waals surface area contributed by atoms with Crippen molar-refractivity contribution in [2.45, 2.75) is 58.8 Å². The van der Waals surface area contributed by atoms with Crippen LogP contribution in [0.1, 0.15) is 70.3 Å². The van der Waals surface area contributed by atoms with Gasteiger partial charge in [-0.1, -0.05) is 49.1 Å². The Morgan fingerprint density at radius 1 is 1.08 bits per heavy atom. The van der Waals surface area contributed by atoms with Gasteiger partial charge in [-0.2, -0.15) is 5.10 Å². The summed E-state index contributed by atoms with van der Waals surface area (Å²) in [4.78, 5) is 25.2. The molecule has 188 valence electrons. The number of aromatic nitrogens is 4. The van der Waals surface area contributed by atoms with Gasteiger partial charge in [0.1, 0.15) is 21.6 Å². The summed E-state index contributed by atoms with van der Waals surface area (Å²) in [5, 5.41) is 12.3. The van der Waals surface area contributed by atoms with Crippen LogP contribution in [0.2, 0.25) is 5.15 Å². The number of hydrogen-bond donors (Lipinski definition) is 2. The molecular weight excluding hydrogens is 492 g/mol. The molecule has 1 saturated carbocycles. The van der Waals surface area contributed by atoms with E-state index in [1.807, 2.05) is 30.3 Å². The molecule has 3 aromatic heterocycles. The standard InChI is InChI=1S/C27H31ClN6OS/c1-16-18(3)36-27-21(16)25(31-24(32-27)19-10-6-4-7-11-19)29-14-15-30-26(35)22-17(2)33-34(23(22)28)20-12-8-5-9-13-20/h5,8-9,12-13,19H,4,6-7,10-11,14-15H2,1-3H3,(H,30,35)(H,29,31,32). The van der Waals surface area contributed by atoms with Gasteiger partial charge in [-0.25, -0.2) is 14.6 Å². The first-order valence-electron chi connectivity index (χ1n) is 12.5. The maximum absolute atomic E-state index is 13.0. The number of aryl methyl sites for hydroxylation is 3. The highest BCUT2D eigenvalue weighted by Crippen LogP contribution is 2.37. The number of thiophene rings is 1. The molecule has 0 atom stereocenters. The Hall–Kier alpha value is -2.97. The highest BCUT2D eigenvalue weighted by Gasteiger charge is 2.23. The largest absolute Gasteiger partial charge is 0.368 e. The Morgan fingerprint density at radius 3 is 2.58 bits per heavy atom. The molecule has 0 bridgehead atoms. The second-order valence-corrected chi connectivity index (χ2v) is 11.0. The molecule has 0 spiro atoms. The first-order chi connectivity index (χ1) is 17.4. The summed E-state index contributed by atoms with van der Waals surface area (Å²) >= 11 is 8.28. The number of carbonyl (C=O) groups excluding carboxylic acids is 1. The summed E-state index contributed by atoms with van der Waals surface area (Å²) in [6.45, 7) is 7.02. The molecule has 36 heavy (non-hydrogen) atoms. The molecule has 0 saturated heterocycles. The van der Waals surface area contributed by atoms with Crippen molar-refractivity contribution in [3.05, 3.63) is 63.0 Å².